The van der Waals surface area contributed by atoms with E-state index in [9.17, 15) is 0 Å². The number of nitrogens with zero attached hydrogens (tertiary/aromatic N) is 2. The Balaban J connectivity index is 2.50. The number of fused-ring (bicyclic) bond motifs is 1. The first kappa shape index (κ1) is 9.65. The molecule has 0 fully saturated rings. The summed E-state index contributed by atoms with van der Waals surface area (Å²) in [6.07, 6.45) is 2.67. The van der Waals surface area contributed by atoms with Crippen LogP contribution in [-0.4, -0.2) is 15.2 Å². The minimum Gasteiger partial charge on any atom is -0.261 e. The molecule has 0 unspecified atom stereocenters. The van der Waals surface area contributed by atoms with E-state index in [1.807, 2.05) is 6.07 Å². The lowest BCUT2D eigenvalue weighted by atomic mass is 10.1. The Bertz CT molecular complexity index is 448. The highest BCUT2D eigenvalue weighted by Crippen LogP contribution is 2.20. The molecule has 0 aliphatic carbocycles. The highest BCUT2D eigenvalue weighted by molar-refractivity contribution is 9.10. The molecule has 2 heterocycles. The van der Waals surface area contributed by atoms with Gasteiger partial charge in [-0.3, -0.25) is 5.10 Å². The summed E-state index contributed by atoms with van der Waals surface area (Å²) in [4.78, 5) is 4.23. The molecule has 0 atom stereocenters. The summed E-state index contributed by atoms with van der Waals surface area (Å²) in [6.45, 7) is 4.21. The molecule has 4 heteroatoms. The fourth-order valence-corrected chi connectivity index (χ4v) is 1.73. The molecule has 3 nitrogen and oxygen atoms in total. The third-order valence-corrected chi connectivity index (χ3v) is 2.42. The first-order chi connectivity index (χ1) is 6.66. The molecule has 1 radical (unpaired) electrons. The summed E-state index contributed by atoms with van der Waals surface area (Å²) in [6, 6.07) is 2.05. The maximum Gasteiger partial charge on any atom is 0.155 e. The molecule has 2 aromatic heterocycles. The SMILES string of the molecule is C[C](C)Cc1n[nH]c2ncc(Br)cc12. The Labute approximate surface area is 91.1 Å². The van der Waals surface area contributed by atoms with Gasteiger partial charge in [-0.05, 0) is 34.3 Å². The number of nitrogens with one attached hydrogen (secondary N) is 1. The Morgan fingerprint density at radius 2 is 2.29 bits per heavy atom. The van der Waals surface area contributed by atoms with E-state index in [-0.39, 0.29) is 0 Å². The van der Waals surface area contributed by atoms with Crippen molar-refractivity contribution < 1.29 is 0 Å². The molecule has 73 valence electrons. The van der Waals surface area contributed by atoms with Gasteiger partial charge in [-0.25, -0.2) is 4.98 Å². The smallest absolute Gasteiger partial charge is 0.155 e. The van der Waals surface area contributed by atoms with Crippen molar-refractivity contribution in [2.75, 3.05) is 0 Å². The average molecular weight is 253 g/mol. The number of aromatic amines is 1. The van der Waals surface area contributed by atoms with Crippen LogP contribution in [0.5, 0.6) is 0 Å². The van der Waals surface area contributed by atoms with E-state index in [1.54, 1.807) is 6.20 Å². The molecule has 1 N–H and O–H groups in total. The fraction of sp³-hybridized carbons (Fsp3) is 0.300. The highest BCUT2D eigenvalue weighted by Gasteiger charge is 2.08. The van der Waals surface area contributed by atoms with Gasteiger partial charge in [0.15, 0.2) is 5.65 Å². The first-order valence-electron chi connectivity index (χ1n) is 4.44. The van der Waals surface area contributed by atoms with Crippen LogP contribution in [0.1, 0.15) is 19.5 Å². The minimum absolute atomic E-state index is 0.851. The second kappa shape index (κ2) is 3.69. The van der Waals surface area contributed by atoms with Gasteiger partial charge in [0.25, 0.3) is 0 Å². The monoisotopic (exact) mass is 252 g/mol. The van der Waals surface area contributed by atoms with E-state index in [0.29, 0.717) is 0 Å². The zero-order chi connectivity index (χ0) is 10.1. The van der Waals surface area contributed by atoms with Crippen LogP contribution in [0, 0.1) is 5.92 Å². The van der Waals surface area contributed by atoms with Gasteiger partial charge in [-0.15, -0.1) is 0 Å². The third-order valence-electron chi connectivity index (χ3n) is 1.98. The van der Waals surface area contributed by atoms with E-state index < -0.39 is 0 Å². The molecule has 0 spiro atoms. The van der Waals surface area contributed by atoms with Crippen LogP contribution in [0.3, 0.4) is 0 Å². The summed E-state index contributed by atoms with van der Waals surface area (Å²) in [5, 5.41) is 8.27. The zero-order valence-electron chi connectivity index (χ0n) is 8.13. The molecule has 0 aliphatic heterocycles. The minimum atomic E-state index is 0.851. The van der Waals surface area contributed by atoms with Gasteiger partial charge in [0.1, 0.15) is 0 Å². The van der Waals surface area contributed by atoms with Gasteiger partial charge >= 0.3 is 0 Å². The molecular weight excluding hydrogens is 242 g/mol. The van der Waals surface area contributed by atoms with Crippen LogP contribution in [0.4, 0.5) is 0 Å². The highest BCUT2D eigenvalue weighted by atomic mass is 79.9. The second-order valence-corrected chi connectivity index (χ2v) is 4.52. The van der Waals surface area contributed by atoms with Crippen LogP contribution in [0.2, 0.25) is 0 Å². The van der Waals surface area contributed by atoms with Crippen molar-refractivity contribution in [3.05, 3.63) is 28.3 Å². The number of hydrogen-bond acceptors (Lipinski definition) is 2. The normalized spacial score (nSPS) is 11.4. The predicted molar refractivity (Wildman–Crippen MR) is 59.9 cm³/mol. The lowest BCUT2D eigenvalue weighted by molar-refractivity contribution is 0.903. The number of rotatable bonds is 2. The molecule has 0 bridgehead atoms. The van der Waals surface area contributed by atoms with E-state index >= 15 is 0 Å². The Hall–Kier alpha value is -0.900. The standard InChI is InChI=1S/C10H11BrN3/c1-6(2)3-9-8-4-7(11)5-12-10(8)14-13-9/h4-5H,3H2,1-2H3,(H,12,13,14). The summed E-state index contributed by atoms with van der Waals surface area (Å²) in [7, 11) is 0. The quantitative estimate of drug-likeness (QED) is 0.894. The van der Waals surface area contributed by atoms with Crippen LogP contribution in [0.25, 0.3) is 11.0 Å². The topological polar surface area (TPSA) is 41.6 Å². The lowest BCUT2D eigenvalue weighted by Gasteiger charge is -2.00. The molecule has 0 saturated carbocycles. The zero-order valence-corrected chi connectivity index (χ0v) is 9.72. The maximum atomic E-state index is 4.25. The largest absolute Gasteiger partial charge is 0.261 e. The number of aromatic nitrogens is 3. The van der Waals surface area contributed by atoms with Gasteiger partial charge in [-0.1, -0.05) is 13.8 Å². The number of H-pyrrole nitrogens is 1. The average Bonchev–Trinajstić information content (AvgIpc) is 2.47. The van der Waals surface area contributed by atoms with Gasteiger partial charge in [0.2, 0.25) is 0 Å². The molecule has 14 heavy (non-hydrogen) atoms. The molecule has 0 saturated heterocycles. The lowest BCUT2D eigenvalue weighted by Crippen LogP contribution is -1.92. The van der Waals surface area contributed by atoms with Crippen molar-refractivity contribution in [1.82, 2.24) is 15.2 Å². The number of hydrogen-bond donors (Lipinski definition) is 1. The van der Waals surface area contributed by atoms with E-state index in [1.165, 1.54) is 5.92 Å². The van der Waals surface area contributed by atoms with Crippen molar-refractivity contribution in [3.63, 3.8) is 0 Å². The van der Waals surface area contributed by atoms with Gasteiger partial charge in [0.05, 0.1) is 5.69 Å². The van der Waals surface area contributed by atoms with Crippen molar-refractivity contribution >= 4 is 27.0 Å². The van der Waals surface area contributed by atoms with Crippen LogP contribution < -0.4 is 0 Å². The molecule has 0 aromatic carbocycles. The van der Waals surface area contributed by atoms with Crippen molar-refractivity contribution in [3.8, 4) is 0 Å². The molecule has 0 amide bonds. The summed E-state index contributed by atoms with van der Waals surface area (Å²) in [5.74, 6) is 1.35. The van der Waals surface area contributed by atoms with Crippen LogP contribution in [0.15, 0.2) is 16.7 Å². The molecule has 2 rings (SSSR count). The molecule has 2 aromatic rings. The predicted octanol–water partition coefficient (Wildman–Crippen LogP) is 2.88. The van der Waals surface area contributed by atoms with Crippen molar-refractivity contribution in [2.45, 2.75) is 20.3 Å². The van der Waals surface area contributed by atoms with Gasteiger partial charge in [0, 0.05) is 16.1 Å². The van der Waals surface area contributed by atoms with Gasteiger partial charge in [-0.2, -0.15) is 5.10 Å². The Morgan fingerprint density at radius 3 is 3.00 bits per heavy atom. The Morgan fingerprint density at radius 1 is 1.50 bits per heavy atom. The number of halogens is 1. The van der Waals surface area contributed by atoms with Crippen molar-refractivity contribution in [2.24, 2.45) is 0 Å². The summed E-state index contributed by atoms with van der Waals surface area (Å²) >= 11 is 3.41. The fourth-order valence-electron chi connectivity index (χ4n) is 1.40. The van der Waals surface area contributed by atoms with E-state index in [0.717, 1.165) is 27.6 Å². The molecule has 0 aliphatic rings. The first-order valence-corrected chi connectivity index (χ1v) is 5.23. The van der Waals surface area contributed by atoms with E-state index in [4.69, 9.17) is 0 Å². The van der Waals surface area contributed by atoms with E-state index in [2.05, 4.69) is 45.0 Å². The van der Waals surface area contributed by atoms with Crippen LogP contribution >= 0.6 is 15.9 Å². The van der Waals surface area contributed by atoms with Crippen molar-refractivity contribution in [1.29, 1.82) is 0 Å². The summed E-state index contributed by atoms with van der Waals surface area (Å²) < 4.78 is 0.987. The van der Waals surface area contributed by atoms with Crippen LogP contribution in [-0.2, 0) is 6.42 Å². The third kappa shape index (κ3) is 1.80. The second-order valence-electron chi connectivity index (χ2n) is 3.60. The molecular formula is C10H11BrN3. The number of pyridine rings is 1. The Kier molecular flexibility index (Phi) is 2.54. The van der Waals surface area contributed by atoms with Gasteiger partial charge < -0.3 is 0 Å². The summed E-state index contributed by atoms with van der Waals surface area (Å²) in [5.41, 5.74) is 1.92. The maximum absolute atomic E-state index is 4.25.